The third kappa shape index (κ3) is 3.00. The van der Waals surface area contributed by atoms with Crippen molar-refractivity contribution in [2.75, 3.05) is 0 Å². The number of rotatable bonds is 3. The van der Waals surface area contributed by atoms with Gasteiger partial charge in [-0.2, -0.15) is 0 Å². The molecule has 3 aromatic heterocycles. The summed E-state index contributed by atoms with van der Waals surface area (Å²) >= 11 is 0. The molecule has 7 nitrogen and oxygen atoms in total. The minimum atomic E-state index is -0.614. The van der Waals surface area contributed by atoms with Gasteiger partial charge in [-0.25, -0.2) is 9.37 Å². The number of H-pyrrole nitrogens is 1. The highest BCUT2D eigenvalue weighted by molar-refractivity contribution is 6.07. The molecule has 0 bridgehead atoms. The molecule has 5 aromatic rings. The van der Waals surface area contributed by atoms with Crippen LogP contribution in [0.25, 0.3) is 33.3 Å². The van der Waals surface area contributed by atoms with Gasteiger partial charge in [0.15, 0.2) is 11.4 Å². The second kappa shape index (κ2) is 6.93. The lowest BCUT2D eigenvalue weighted by atomic mass is 10.1. The number of benzene rings is 2. The Morgan fingerprint density at radius 2 is 1.93 bits per heavy atom. The van der Waals surface area contributed by atoms with Gasteiger partial charge in [-0.05, 0) is 42.5 Å². The minimum Gasteiger partial charge on any atom is -0.493 e. The number of carbonyl (C=O) groups is 1. The van der Waals surface area contributed by atoms with Crippen molar-refractivity contribution in [2.24, 2.45) is 10.2 Å². The summed E-state index contributed by atoms with van der Waals surface area (Å²) in [5.41, 5.74) is 1.80. The molecule has 0 aliphatic rings. The van der Waals surface area contributed by atoms with E-state index >= 15 is 0 Å². The van der Waals surface area contributed by atoms with Crippen LogP contribution in [-0.4, -0.2) is 21.0 Å². The lowest BCUT2D eigenvalue weighted by Gasteiger charge is -2.05. The molecule has 3 heterocycles. The summed E-state index contributed by atoms with van der Waals surface area (Å²) in [6.07, 6.45) is 1.52. The molecule has 8 heteroatoms. The number of pyridine rings is 1. The van der Waals surface area contributed by atoms with Crippen molar-refractivity contribution < 1.29 is 18.7 Å². The first-order valence-corrected chi connectivity index (χ1v) is 9.00. The van der Waals surface area contributed by atoms with Crippen molar-refractivity contribution in [1.82, 2.24) is 9.97 Å². The molecule has 2 aromatic carbocycles. The Hall–Kier alpha value is -4.33. The maximum Gasteiger partial charge on any atom is 0.296 e. The molecular weight excluding hydrogens is 387 g/mol. The van der Waals surface area contributed by atoms with Crippen molar-refractivity contribution in [1.29, 1.82) is 0 Å². The maximum absolute atomic E-state index is 13.4. The standard InChI is InChI=1S/C22H13FN4O3/c23-12-7-8-14-17(10-12)25-22(29)20(14)26-27-21(28)15-11-18(19-6-3-9-30-19)24-16-5-2-1-4-13(15)16/h1-11,25,29H. The molecule has 0 fully saturated rings. The van der Waals surface area contributed by atoms with Gasteiger partial charge in [0.05, 0.1) is 22.9 Å². The molecule has 30 heavy (non-hydrogen) atoms. The molecule has 0 unspecified atom stereocenters. The summed E-state index contributed by atoms with van der Waals surface area (Å²) in [6, 6.07) is 16.2. The number of fused-ring (bicyclic) bond motifs is 2. The second-order valence-electron chi connectivity index (χ2n) is 6.57. The number of aromatic nitrogens is 2. The van der Waals surface area contributed by atoms with Crippen LogP contribution in [0.3, 0.4) is 0 Å². The number of aromatic amines is 1. The van der Waals surface area contributed by atoms with Crippen LogP contribution in [0.4, 0.5) is 10.1 Å². The highest BCUT2D eigenvalue weighted by atomic mass is 19.1. The van der Waals surface area contributed by atoms with Gasteiger partial charge < -0.3 is 14.5 Å². The van der Waals surface area contributed by atoms with Gasteiger partial charge in [-0.3, -0.25) is 4.79 Å². The van der Waals surface area contributed by atoms with E-state index in [0.717, 1.165) is 0 Å². The van der Waals surface area contributed by atoms with Crippen LogP contribution < -0.4 is 0 Å². The van der Waals surface area contributed by atoms with Gasteiger partial charge in [-0.15, -0.1) is 10.2 Å². The lowest BCUT2D eigenvalue weighted by molar-refractivity contribution is 0.0996. The molecule has 2 N–H and O–H groups in total. The monoisotopic (exact) mass is 400 g/mol. The smallest absolute Gasteiger partial charge is 0.296 e. The fourth-order valence-electron chi connectivity index (χ4n) is 3.29. The number of halogens is 1. The van der Waals surface area contributed by atoms with Crippen LogP contribution in [0, 0.1) is 5.82 Å². The van der Waals surface area contributed by atoms with Gasteiger partial charge in [-0.1, -0.05) is 18.2 Å². The number of nitrogens with one attached hydrogen (secondary N) is 1. The summed E-state index contributed by atoms with van der Waals surface area (Å²) in [5.74, 6) is -0.861. The van der Waals surface area contributed by atoms with E-state index in [4.69, 9.17) is 4.42 Å². The van der Waals surface area contributed by atoms with Crippen molar-refractivity contribution in [3.8, 4) is 17.3 Å². The predicted octanol–water partition coefficient (Wildman–Crippen LogP) is 5.74. The Kier molecular flexibility index (Phi) is 4.10. The molecule has 0 aliphatic heterocycles. The van der Waals surface area contributed by atoms with Crippen molar-refractivity contribution in [2.45, 2.75) is 0 Å². The highest BCUT2D eigenvalue weighted by Crippen LogP contribution is 2.36. The SMILES string of the molecule is O=C(N=Nc1c(O)[nH]c2cc(F)ccc12)c1cc(-c2ccco2)nc2ccccc12. The first-order chi connectivity index (χ1) is 14.6. The Balaban J connectivity index is 1.59. The number of nitrogens with zero attached hydrogens (tertiary/aromatic N) is 3. The first kappa shape index (κ1) is 17.7. The maximum atomic E-state index is 13.4. The summed E-state index contributed by atoms with van der Waals surface area (Å²) in [5, 5.41) is 18.9. The van der Waals surface area contributed by atoms with Gasteiger partial charge in [0, 0.05) is 10.8 Å². The fraction of sp³-hybridized carbons (Fsp3) is 0. The largest absolute Gasteiger partial charge is 0.493 e. The molecule has 0 radical (unpaired) electrons. The summed E-state index contributed by atoms with van der Waals surface area (Å²) in [6.45, 7) is 0. The number of azo groups is 1. The van der Waals surface area contributed by atoms with E-state index in [1.807, 2.05) is 6.07 Å². The molecule has 0 atom stereocenters. The highest BCUT2D eigenvalue weighted by Gasteiger charge is 2.16. The number of aromatic hydroxyl groups is 1. The average Bonchev–Trinajstić information content (AvgIpc) is 3.38. The fourth-order valence-corrected chi connectivity index (χ4v) is 3.29. The van der Waals surface area contributed by atoms with E-state index in [0.29, 0.717) is 38.8 Å². The van der Waals surface area contributed by atoms with Gasteiger partial charge >= 0.3 is 0 Å². The van der Waals surface area contributed by atoms with Crippen LogP contribution >= 0.6 is 0 Å². The zero-order valence-electron chi connectivity index (χ0n) is 15.3. The zero-order valence-corrected chi connectivity index (χ0v) is 15.3. The number of furan rings is 1. The van der Waals surface area contributed by atoms with Crippen LogP contribution in [0.15, 0.2) is 81.6 Å². The summed E-state index contributed by atoms with van der Waals surface area (Å²) in [7, 11) is 0. The Morgan fingerprint density at radius 3 is 2.77 bits per heavy atom. The Bertz CT molecular complexity index is 1440. The van der Waals surface area contributed by atoms with Gasteiger partial charge in [0.2, 0.25) is 5.88 Å². The van der Waals surface area contributed by atoms with Crippen molar-refractivity contribution >= 4 is 33.4 Å². The van der Waals surface area contributed by atoms with E-state index in [9.17, 15) is 14.3 Å². The van der Waals surface area contributed by atoms with Crippen LogP contribution in [0.1, 0.15) is 10.4 Å². The number of carbonyl (C=O) groups excluding carboxylic acids is 1. The van der Waals surface area contributed by atoms with Crippen molar-refractivity contribution in [3.05, 3.63) is 78.3 Å². The number of amides is 1. The van der Waals surface area contributed by atoms with E-state index < -0.39 is 11.7 Å². The molecule has 0 saturated heterocycles. The average molecular weight is 400 g/mol. The van der Waals surface area contributed by atoms with E-state index in [2.05, 4.69) is 20.2 Å². The quantitative estimate of drug-likeness (QED) is 0.377. The normalized spacial score (nSPS) is 11.6. The summed E-state index contributed by atoms with van der Waals surface area (Å²) < 4.78 is 18.8. The van der Waals surface area contributed by atoms with Crippen LogP contribution in [0.5, 0.6) is 5.88 Å². The first-order valence-electron chi connectivity index (χ1n) is 9.00. The van der Waals surface area contributed by atoms with Crippen LogP contribution in [-0.2, 0) is 0 Å². The molecule has 0 aliphatic carbocycles. The Labute approximate surface area is 168 Å². The molecule has 146 valence electrons. The third-order valence-electron chi connectivity index (χ3n) is 4.68. The predicted molar refractivity (Wildman–Crippen MR) is 108 cm³/mol. The number of hydrogen-bond acceptors (Lipinski definition) is 5. The minimum absolute atomic E-state index is 0.0583. The molecule has 1 amide bonds. The van der Waals surface area contributed by atoms with E-state index in [-0.39, 0.29) is 11.6 Å². The van der Waals surface area contributed by atoms with Gasteiger partial charge in [0.25, 0.3) is 5.91 Å². The molecular formula is C22H13FN4O3. The Morgan fingerprint density at radius 1 is 1.07 bits per heavy atom. The molecule has 5 rings (SSSR count). The second-order valence-corrected chi connectivity index (χ2v) is 6.57. The summed E-state index contributed by atoms with van der Waals surface area (Å²) in [4.78, 5) is 20.1. The van der Waals surface area contributed by atoms with E-state index in [1.165, 1.54) is 24.5 Å². The van der Waals surface area contributed by atoms with Gasteiger partial charge in [0.1, 0.15) is 11.5 Å². The molecule has 0 saturated carbocycles. The topological polar surface area (TPSA) is 104 Å². The van der Waals surface area contributed by atoms with Crippen molar-refractivity contribution in [3.63, 3.8) is 0 Å². The third-order valence-corrected chi connectivity index (χ3v) is 4.68. The lowest BCUT2D eigenvalue weighted by Crippen LogP contribution is -1.98. The zero-order chi connectivity index (χ0) is 20.7. The number of para-hydroxylation sites is 1. The number of hydrogen-bond donors (Lipinski definition) is 2. The molecule has 0 spiro atoms. The van der Waals surface area contributed by atoms with Crippen LogP contribution in [0.2, 0.25) is 0 Å². The van der Waals surface area contributed by atoms with E-state index in [1.54, 1.807) is 36.4 Å².